The molecule has 1 saturated heterocycles. The summed E-state index contributed by atoms with van der Waals surface area (Å²) in [5, 5.41) is 0.968. The van der Waals surface area contributed by atoms with Crippen molar-refractivity contribution >= 4 is 23.2 Å². The van der Waals surface area contributed by atoms with Gasteiger partial charge in [-0.3, -0.25) is 9.59 Å². The molecule has 1 aromatic carbocycles. The van der Waals surface area contributed by atoms with Crippen LogP contribution in [0.1, 0.15) is 55.5 Å². The molecule has 0 radical (unpaired) electrons. The second-order valence-corrected chi connectivity index (χ2v) is 11.4. The minimum Gasteiger partial charge on any atom is -0.490 e. The molecule has 4 aliphatic rings. The third-order valence-corrected chi connectivity index (χ3v) is 9.16. The summed E-state index contributed by atoms with van der Waals surface area (Å²) in [6, 6.07) is 8.95. The Bertz CT molecular complexity index is 1080. The molecule has 2 amide bonds. The average Bonchev–Trinajstić information content (AvgIpc) is 3.54. The number of primary amides is 1. The first kappa shape index (κ1) is 22.0. The predicted octanol–water partition coefficient (Wildman–Crippen LogP) is 3.36. The van der Waals surface area contributed by atoms with Crippen LogP contribution in [0.2, 0.25) is 0 Å². The fourth-order valence-corrected chi connectivity index (χ4v) is 6.70. The fraction of sp³-hybridized carbons (Fsp3) is 0.577. The molecule has 0 spiro atoms. The van der Waals surface area contributed by atoms with Gasteiger partial charge in [0.2, 0.25) is 11.8 Å². The number of carbonyl (C=O) groups excluding carboxylic acids is 2. The minimum absolute atomic E-state index is 0.111. The van der Waals surface area contributed by atoms with Crippen molar-refractivity contribution in [1.29, 1.82) is 0 Å². The number of aromatic nitrogens is 1. The summed E-state index contributed by atoms with van der Waals surface area (Å²) in [5.41, 5.74) is 6.68. The number of likely N-dealkylation sites (tertiary alicyclic amines) is 1. The van der Waals surface area contributed by atoms with E-state index >= 15 is 0 Å². The van der Waals surface area contributed by atoms with Crippen molar-refractivity contribution in [3.8, 4) is 16.3 Å². The van der Waals surface area contributed by atoms with Crippen molar-refractivity contribution in [3.05, 3.63) is 34.8 Å². The Morgan fingerprint density at radius 2 is 1.79 bits per heavy atom. The van der Waals surface area contributed by atoms with Gasteiger partial charge in [0.05, 0.1) is 12.2 Å². The van der Waals surface area contributed by atoms with Gasteiger partial charge in [0.1, 0.15) is 22.3 Å². The molecule has 1 aromatic heterocycles. The molecule has 6 rings (SSSR count). The van der Waals surface area contributed by atoms with E-state index in [9.17, 15) is 9.59 Å². The molecule has 2 aliphatic heterocycles. The summed E-state index contributed by atoms with van der Waals surface area (Å²) >= 11 is 1.63. The van der Waals surface area contributed by atoms with Crippen molar-refractivity contribution in [2.24, 2.45) is 11.1 Å². The van der Waals surface area contributed by atoms with Gasteiger partial charge in [-0.15, -0.1) is 11.3 Å². The number of nitrogens with two attached hydrogens (primary N) is 1. The Morgan fingerprint density at radius 1 is 1.06 bits per heavy atom. The number of ether oxygens (including phenoxy) is 1. The lowest BCUT2D eigenvalue weighted by molar-refractivity contribution is -0.143. The van der Waals surface area contributed by atoms with E-state index in [1.165, 1.54) is 32.4 Å². The van der Waals surface area contributed by atoms with E-state index in [-0.39, 0.29) is 5.91 Å². The number of hydrogen-bond acceptors (Lipinski definition) is 6. The molecule has 7 nitrogen and oxygen atoms in total. The summed E-state index contributed by atoms with van der Waals surface area (Å²) in [4.78, 5) is 35.0. The van der Waals surface area contributed by atoms with E-state index in [0.717, 1.165) is 39.7 Å². The van der Waals surface area contributed by atoms with Crippen molar-refractivity contribution in [2.45, 2.75) is 70.1 Å². The van der Waals surface area contributed by atoms with E-state index in [1.807, 2.05) is 12.1 Å². The number of thiazole rings is 1. The zero-order valence-corrected chi connectivity index (χ0v) is 20.3. The fourth-order valence-electron chi connectivity index (χ4n) is 5.57. The molecule has 2 aliphatic carbocycles. The number of amides is 2. The summed E-state index contributed by atoms with van der Waals surface area (Å²) < 4.78 is 6.22. The number of nitrogens with zero attached hydrogens (tertiary/aromatic N) is 3. The number of carbonyl (C=O) groups is 2. The maximum Gasteiger partial charge on any atom is 0.238 e. The lowest BCUT2D eigenvalue weighted by Crippen LogP contribution is -2.50. The maximum atomic E-state index is 12.9. The van der Waals surface area contributed by atoms with Crippen molar-refractivity contribution in [1.82, 2.24) is 14.8 Å². The summed E-state index contributed by atoms with van der Waals surface area (Å²) in [7, 11) is 0. The van der Waals surface area contributed by atoms with Gasteiger partial charge in [0.25, 0.3) is 0 Å². The highest BCUT2D eigenvalue weighted by atomic mass is 32.1. The number of benzene rings is 1. The van der Waals surface area contributed by atoms with E-state index in [1.54, 1.807) is 16.2 Å². The second kappa shape index (κ2) is 8.64. The van der Waals surface area contributed by atoms with Gasteiger partial charge < -0.3 is 20.3 Å². The molecule has 2 aromatic rings. The molecule has 180 valence electrons. The summed E-state index contributed by atoms with van der Waals surface area (Å²) in [6.07, 6.45) is 8.51. The van der Waals surface area contributed by atoms with Gasteiger partial charge in [-0.25, -0.2) is 4.98 Å². The number of rotatable bonds is 6. The van der Waals surface area contributed by atoms with Crippen LogP contribution in [0.25, 0.3) is 10.6 Å². The highest BCUT2D eigenvalue weighted by Crippen LogP contribution is 2.47. The number of piperidine rings is 1. The van der Waals surface area contributed by atoms with Gasteiger partial charge in [0.15, 0.2) is 0 Å². The summed E-state index contributed by atoms with van der Waals surface area (Å²) in [5.74, 6) is 0.324. The molecule has 3 heterocycles. The van der Waals surface area contributed by atoms with Gasteiger partial charge >= 0.3 is 0 Å². The third kappa shape index (κ3) is 4.01. The zero-order chi connectivity index (χ0) is 23.3. The van der Waals surface area contributed by atoms with Crippen molar-refractivity contribution in [2.75, 3.05) is 19.6 Å². The lowest BCUT2D eigenvalue weighted by Gasteiger charge is -2.44. The van der Waals surface area contributed by atoms with Crippen LogP contribution >= 0.6 is 11.3 Å². The van der Waals surface area contributed by atoms with Gasteiger partial charge in [0, 0.05) is 42.3 Å². The molecular weight excluding hydrogens is 448 g/mol. The van der Waals surface area contributed by atoms with E-state index in [2.05, 4.69) is 17.0 Å². The molecular formula is C26H32N4O3S. The largest absolute Gasteiger partial charge is 0.490 e. The van der Waals surface area contributed by atoms with Crippen molar-refractivity contribution in [3.63, 3.8) is 0 Å². The van der Waals surface area contributed by atoms with E-state index < -0.39 is 11.3 Å². The van der Waals surface area contributed by atoms with E-state index in [4.69, 9.17) is 15.5 Å². The number of fused-ring (bicyclic) bond motifs is 1. The average molecular weight is 481 g/mol. The first-order chi connectivity index (χ1) is 16.5. The molecule has 8 heteroatoms. The first-order valence-corrected chi connectivity index (χ1v) is 13.4. The standard InChI is InChI=1S/C26H32N4O3S/c27-24(31)26(9-10-26)25(32)30-13-8-21-22(16-30)34-23(28-21)17-4-6-19(7-5-17)33-20-14-18(15-20)29-11-2-1-3-12-29/h4-7,18,20H,1-3,8-16H2,(H2,27,31). The van der Waals surface area contributed by atoms with Crippen LogP contribution in [-0.2, 0) is 22.6 Å². The van der Waals surface area contributed by atoms with Gasteiger partial charge in [-0.1, -0.05) is 6.42 Å². The molecule has 2 saturated carbocycles. The minimum atomic E-state index is -0.949. The predicted molar refractivity (Wildman–Crippen MR) is 130 cm³/mol. The Hall–Kier alpha value is -2.45. The quantitative estimate of drug-likeness (QED) is 0.641. The monoisotopic (exact) mass is 480 g/mol. The SMILES string of the molecule is NC(=O)C1(C(=O)N2CCc3nc(-c4ccc(OC5CC(N6CCCCC6)C5)cc4)sc3C2)CC1. The van der Waals surface area contributed by atoms with Crippen LogP contribution in [0.3, 0.4) is 0 Å². The normalized spacial score (nSPS) is 25.8. The number of hydrogen-bond donors (Lipinski definition) is 1. The van der Waals surface area contributed by atoms with Crippen LogP contribution in [-0.4, -0.2) is 58.4 Å². The molecule has 0 bridgehead atoms. The highest BCUT2D eigenvalue weighted by molar-refractivity contribution is 7.15. The van der Waals surface area contributed by atoms with Crippen LogP contribution in [0, 0.1) is 5.41 Å². The Balaban J connectivity index is 1.06. The first-order valence-electron chi connectivity index (χ1n) is 12.6. The van der Waals surface area contributed by atoms with Crippen LogP contribution in [0.5, 0.6) is 5.75 Å². The molecule has 2 N–H and O–H groups in total. The topological polar surface area (TPSA) is 88.8 Å². The molecule has 3 fully saturated rings. The third-order valence-electron chi connectivity index (χ3n) is 8.03. The Labute approximate surface area is 204 Å². The van der Waals surface area contributed by atoms with Gasteiger partial charge in [-0.05, 0) is 63.0 Å². The smallest absolute Gasteiger partial charge is 0.238 e. The summed E-state index contributed by atoms with van der Waals surface area (Å²) in [6.45, 7) is 3.61. The van der Waals surface area contributed by atoms with Crippen LogP contribution < -0.4 is 10.5 Å². The zero-order valence-electron chi connectivity index (χ0n) is 19.5. The Kier molecular flexibility index (Phi) is 5.60. The van der Waals surface area contributed by atoms with Crippen molar-refractivity contribution < 1.29 is 14.3 Å². The lowest BCUT2D eigenvalue weighted by atomic mass is 9.86. The maximum absolute atomic E-state index is 12.9. The highest BCUT2D eigenvalue weighted by Gasteiger charge is 2.57. The Morgan fingerprint density at radius 3 is 2.47 bits per heavy atom. The van der Waals surface area contributed by atoms with Crippen LogP contribution in [0.4, 0.5) is 0 Å². The van der Waals surface area contributed by atoms with Crippen LogP contribution in [0.15, 0.2) is 24.3 Å². The molecule has 0 atom stereocenters. The molecule has 0 unspecified atom stereocenters. The second-order valence-electron chi connectivity index (χ2n) is 10.3. The molecule has 34 heavy (non-hydrogen) atoms. The van der Waals surface area contributed by atoms with E-state index in [0.29, 0.717) is 44.5 Å². The van der Waals surface area contributed by atoms with Gasteiger partial charge in [-0.2, -0.15) is 0 Å².